The van der Waals surface area contributed by atoms with Gasteiger partial charge in [0, 0.05) is 17.1 Å². The van der Waals surface area contributed by atoms with Gasteiger partial charge >= 0.3 is 0 Å². The molecule has 18 heavy (non-hydrogen) atoms. The second-order valence-corrected chi connectivity index (χ2v) is 4.79. The molecule has 0 radical (unpaired) electrons. The lowest BCUT2D eigenvalue weighted by molar-refractivity contribution is -0.120. The van der Waals surface area contributed by atoms with Crippen LogP contribution >= 0.6 is 11.8 Å². The first-order valence-electron chi connectivity index (χ1n) is 5.63. The van der Waals surface area contributed by atoms with Crippen LogP contribution in [0.25, 0.3) is 0 Å². The molecule has 0 aliphatic heterocycles. The third-order valence-corrected chi connectivity index (χ3v) is 3.27. The maximum absolute atomic E-state index is 11.5. The van der Waals surface area contributed by atoms with Crippen molar-refractivity contribution in [3.8, 4) is 0 Å². The molecule has 6 heteroatoms. The van der Waals surface area contributed by atoms with Gasteiger partial charge in [-0.1, -0.05) is 18.2 Å². The van der Waals surface area contributed by atoms with Crippen molar-refractivity contribution in [2.75, 3.05) is 5.75 Å². The number of hydrogen-bond donors (Lipinski definition) is 2. The number of hydrogen-bond acceptors (Lipinski definition) is 4. The molecule has 0 aliphatic rings. The fourth-order valence-corrected chi connectivity index (χ4v) is 2.24. The van der Waals surface area contributed by atoms with Gasteiger partial charge in [-0.25, -0.2) is 4.98 Å². The number of amides is 1. The Morgan fingerprint density at radius 1 is 1.33 bits per heavy atom. The maximum atomic E-state index is 11.5. The molecule has 1 heterocycles. The van der Waals surface area contributed by atoms with Crippen LogP contribution in [-0.2, 0) is 11.3 Å². The molecule has 0 saturated heterocycles. The van der Waals surface area contributed by atoms with Gasteiger partial charge in [-0.2, -0.15) is 5.10 Å². The van der Waals surface area contributed by atoms with Crippen molar-refractivity contribution < 1.29 is 4.79 Å². The zero-order chi connectivity index (χ0) is 12.6. The van der Waals surface area contributed by atoms with E-state index in [1.54, 1.807) is 11.8 Å². The molecule has 0 atom stereocenters. The number of aromatic amines is 1. The quantitative estimate of drug-likeness (QED) is 0.776. The summed E-state index contributed by atoms with van der Waals surface area (Å²) < 4.78 is 0. The molecule has 94 valence electrons. The summed E-state index contributed by atoms with van der Waals surface area (Å²) in [7, 11) is 0. The highest BCUT2D eigenvalue weighted by molar-refractivity contribution is 7.99. The van der Waals surface area contributed by atoms with Gasteiger partial charge in [0.05, 0.1) is 6.54 Å². The third-order valence-electron chi connectivity index (χ3n) is 2.26. The Balaban J connectivity index is 1.63. The first-order valence-corrected chi connectivity index (χ1v) is 6.62. The molecule has 2 rings (SSSR count). The summed E-state index contributed by atoms with van der Waals surface area (Å²) in [5.41, 5.74) is 0. The highest BCUT2D eigenvalue weighted by Crippen LogP contribution is 2.17. The van der Waals surface area contributed by atoms with Crippen LogP contribution in [0.1, 0.15) is 12.2 Å². The van der Waals surface area contributed by atoms with Crippen molar-refractivity contribution in [3.05, 3.63) is 42.5 Å². The minimum Gasteiger partial charge on any atom is -0.349 e. The molecule has 0 aliphatic carbocycles. The number of rotatable bonds is 6. The Bertz CT molecular complexity index is 472. The van der Waals surface area contributed by atoms with Crippen LogP contribution in [0.4, 0.5) is 0 Å². The second-order valence-electron chi connectivity index (χ2n) is 3.62. The number of thioether (sulfide) groups is 1. The number of benzene rings is 1. The Morgan fingerprint density at radius 2 is 2.17 bits per heavy atom. The minimum atomic E-state index is 0.0230. The van der Waals surface area contributed by atoms with E-state index in [1.807, 2.05) is 30.3 Å². The molecule has 1 amide bonds. The van der Waals surface area contributed by atoms with Crippen LogP contribution in [-0.4, -0.2) is 26.8 Å². The number of carbonyl (C=O) groups excluding carboxylic acids is 1. The van der Waals surface area contributed by atoms with Gasteiger partial charge in [0.25, 0.3) is 0 Å². The number of nitrogens with one attached hydrogen (secondary N) is 2. The number of carbonyl (C=O) groups is 1. The Morgan fingerprint density at radius 3 is 2.89 bits per heavy atom. The highest BCUT2D eigenvalue weighted by atomic mass is 32.2. The van der Waals surface area contributed by atoms with E-state index in [-0.39, 0.29) is 5.91 Å². The molecule has 0 bridgehead atoms. The van der Waals surface area contributed by atoms with Crippen molar-refractivity contribution in [3.63, 3.8) is 0 Å². The molecular weight excluding hydrogens is 248 g/mol. The van der Waals surface area contributed by atoms with E-state index in [1.165, 1.54) is 11.2 Å². The Hall–Kier alpha value is -1.82. The smallest absolute Gasteiger partial charge is 0.221 e. The summed E-state index contributed by atoms with van der Waals surface area (Å²) in [4.78, 5) is 16.7. The van der Waals surface area contributed by atoms with Gasteiger partial charge in [-0.3, -0.25) is 9.89 Å². The lowest BCUT2D eigenvalue weighted by Crippen LogP contribution is -2.23. The highest BCUT2D eigenvalue weighted by Gasteiger charge is 2.03. The van der Waals surface area contributed by atoms with Gasteiger partial charge in [0.15, 0.2) is 0 Å². The van der Waals surface area contributed by atoms with E-state index in [9.17, 15) is 4.79 Å². The maximum Gasteiger partial charge on any atom is 0.221 e. The van der Waals surface area contributed by atoms with E-state index < -0.39 is 0 Å². The average molecular weight is 262 g/mol. The molecule has 5 nitrogen and oxygen atoms in total. The number of H-pyrrole nitrogens is 1. The lowest BCUT2D eigenvalue weighted by Gasteiger charge is -2.03. The van der Waals surface area contributed by atoms with Crippen LogP contribution < -0.4 is 5.32 Å². The van der Waals surface area contributed by atoms with Crippen LogP contribution in [0.3, 0.4) is 0 Å². The fraction of sp³-hybridized carbons (Fsp3) is 0.250. The van der Waals surface area contributed by atoms with Crippen molar-refractivity contribution in [2.45, 2.75) is 17.9 Å². The topological polar surface area (TPSA) is 70.7 Å². The molecule has 0 unspecified atom stereocenters. The van der Waals surface area contributed by atoms with E-state index in [4.69, 9.17) is 0 Å². The summed E-state index contributed by atoms with van der Waals surface area (Å²) in [6, 6.07) is 10.0. The molecule has 2 N–H and O–H groups in total. The zero-order valence-corrected chi connectivity index (χ0v) is 10.6. The summed E-state index contributed by atoms with van der Waals surface area (Å²) in [5.74, 6) is 1.46. The zero-order valence-electron chi connectivity index (χ0n) is 9.80. The van der Waals surface area contributed by atoms with Gasteiger partial charge < -0.3 is 5.32 Å². The van der Waals surface area contributed by atoms with Crippen molar-refractivity contribution in [1.82, 2.24) is 20.5 Å². The van der Waals surface area contributed by atoms with Crippen molar-refractivity contribution in [2.24, 2.45) is 0 Å². The Labute approximate surface area is 109 Å². The number of aromatic nitrogens is 3. The summed E-state index contributed by atoms with van der Waals surface area (Å²) in [5, 5.41) is 9.19. The van der Waals surface area contributed by atoms with Gasteiger partial charge in [0.1, 0.15) is 12.2 Å². The van der Waals surface area contributed by atoms with E-state index in [2.05, 4.69) is 20.5 Å². The van der Waals surface area contributed by atoms with Crippen molar-refractivity contribution >= 4 is 17.7 Å². The normalized spacial score (nSPS) is 10.2. The molecule has 0 fully saturated rings. The predicted octanol–water partition coefficient (Wildman–Crippen LogP) is 1.60. The van der Waals surface area contributed by atoms with Crippen LogP contribution in [0.5, 0.6) is 0 Å². The summed E-state index contributed by atoms with van der Waals surface area (Å²) in [6.07, 6.45) is 1.92. The first kappa shape index (κ1) is 12.6. The fourth-order valence-electron chi connectivity index (χ4n) is 1.36. The van der Waals surface area contributed by atoms with Gasteiger partial charge in [-0.15, -0.1) is 11.8 Å². The van der Waals surface area contributed by atoms with Gasteiger partial charge in [0.2, 0.25) is 5.91 Å². The van der Waals surface area contributed by atoms with Crippen LogP contribution in [0.15, 0.2) is 41.6 Å². The molecule has 0 spiro atoms. The summed E-state index contributed by atoms with van der Waals surface area (Å²) >= 11 is 1.68. The number of nitrogens with zero attached hydrogens (tertiary/aromatic N) is 2. The van der Waals surface area contributed by atoms with E-state index in [0.29, 0.717) is 18.8 Å². The average Bonchev–Trinajstić information content (AvgIpc) is 2.91. The molecular formula is C12H14N4OS. The third kappa shape index (κ3) is 4.21. The predicted molar refractivity (Wildman–Crippen MR) is 70.0 cm³/mol. The Kier molecular flexibility index (Phi) is 4.78. The van der Waals surface area contributed by atoms with Crippen LogP contribution in [0, 0.1) is 0 Å². The van der Waals surface area contributed by atoms with Crippen molar-refractivity contribution in [1.29, 1.82) is 0 Å². The minimum absolute atomic E-state index is 0.0230. The molecule has 1 aromatic carbocycles. The standard InChI is InChI=1S/C12H14N4OS/c17-12(13-8-11-14-9-15-16-11)6-7-18-10-4-2-1-3-5-10/h1-5,9H,6-8H2,(H,13,17)(H,14,15,16). The molecule has 1 aromatic heterocycles. The first-order chi connectivity index (χ1) is 8.84. The van der Waals surface area contributed by atoms with E-state index in [0.717, 1.165) is 5.75 Å². The summed E-state index contributed by atoms with van der Waals surface area (Å²) in [6.45, 7) is 0.398. The van der Waals surface area contributed by atoms with Crippen LogP contribution in [0.2, 0.25) is 0 Å². The SMILES string of the molecule is O=C(CCSc1ccccc1)NCc1ncn[nH]1. The lowest BCUT2D eigenvalue weighted by atomic mass is 10.4. The molecule has 0 saturated carbocycles. The monoisotopic (exact) mass is 262 g/mol. The van der Waals surface area contributed by atoms with E-state index >= 15 is 0 Å². The molecule has 2 aromatic rings. The largest absolute Gasteiger partial charge is 0.349 e. The second kappa shape index (κ2) is 6.80. The van der Waals surface area contributed by atoms with Gasteiger partial charge in [-0.05, 0) is 12.1 Å².